The van der Waals surface area contributed by atoms with Gasteiger partial charge in [-0.05, 0) is 56.7 Å². The van der Waals surface area contributed by atoms with Crippen molar-refractivity contribution in [2.24, 2.45) is 0 Å². The molecule has 0 fully saturated rings. The van der Waals surface area contributed by atoms with E-state index in [-0.39, 0.29) is 11.6 Å². The molecule has 2 aromatic rings. The molecule has 0 heterocycles. The number of fused-ring (bicyclic) bond motifs is 1. The number of hydrogen-bond acceptors (Lipinski definition) is 2. The summed E-state index contributed by atoms with van der Waals surface area (Å²) < 4.78 is 0. The van der Waals surface area contributed by atoms with Crippen molar-refractivity contribution in [3.8, 4) is 0 Å². The van der Waals surface area contributed by atoms with Crippen molar-refractivity contribution in [1.29, 1.82) is 0 Å². The molecule has 98 valence electrons. The van der Waals surface area contributed by atoms with E-state index >= 15 is 0 Å². The molecule has 0 saturated heterocycles. The Balaban J connectivity index is 3.14. The van der Waals surface area contributed by atoms with E-state index in [1.54, 1.807) is 19.9 Å². The van der Waals surface area contributed by atoms with Gasteiger partial charge in [-0.25, -0.2) is 0 Å². The summed E-state index contributed by atoms with van der Waals surface area (Å²) in [6.07, 6.45) is 0. The predicted octanol–water partition coefficient (Wildman–Crippen LogP) is 4.17. The van der Waals surface area contributed by atoms with E-state index in [0.29, 0.717) is 11.1 Å². The van der Waals surface area contributed by atoms with Gasteiger partial charge in [-0.3, -0.25) is 9.59 Å². The first-order chi connectivity index (χ1) is 8.86. The minimum atomic E-state index is -0.00393. The van der Waals surface area contributed by atoms with Crippen molar-refractivity contribution >= 4 is 22.3 Å². The SMILES string of the molecule is CC(=O)c1cccc2c(C)c(C)c(C)c(C(C)=O)c12. The summed E-state index contributed by atoms with van der Waals surface area (Å²) in [7, 11) is 0. The maximum absolute atomic E-state index is 12.0. The number of benzene rings is 2. The van der Waals surface area contributed by atoms with Crippen molar-refractivity contribution in [2.75, 3.05) is 0 Å². The molecule has 0 saturated carbocycles. The predicted molar refractivity (Wildman–Crippen MR) is 78.2 cm³/mol. The number of ketones is 2. The van der Waals surface area contributed by atoms with E-state index in [4.69, 9.17) is 0 Å². The minimum Gasteiger partial charge on any atom is -0.294 e. The molecule has 0 amide bonds. The fourth-order valence-corrected chi connectivity index (χ4v) is 2.73. The second-order valence-corrected chi connectivity index (χ2v) is 5.09. The van der Waals surface area contributed by atoms with Gasteiger partial charge in [-0.2, -0.15) is 0 Å². The monoisotopic (exact) mass is 254 g/mol. The van der Waals surface area contributed by atoms with Crippen LogP contribution < -0.4 is 0 Å². The lowest BCUT2D eigenvalue weighted by atomic mass is 9.86. The van der Waals surface area contributed by atoms with Crippen LogP contribution in [-0.4, -0.2) is 11.6 Å². The lowest BCUT2D eigenvalue weighted by Crippen LogP contribution is -2.06. The average Bonchev–Trinajstić information content (AvgIpc) is 2.35. The molecule has 0 atom stereocenters. The summed E-state index contributed by atoms with van der Waals surface area (Å²) in [5.41, 5.74) is 4.56. The molecule has 0 N–H and O–H groups in total. The second kappa shape index (κ2) is 4.61. The number of carbonyl (C=O) groups excluding carboxylic acids is 2. The third-order valence-electron chi connectivity index (χ3n) is 3.95. The summed E-state index contributed by atoms with van der Waals surface area (Å²) in [5.74, 6) is 0.00931. The average molecular weight is 254 g/mol. The molecule has 0 unspecified atom stereocenters. The summed E-state index contributed by atoms with van der Waals surface area (Å²) in [6.45, 7) is 9.13. The van der Waals surface area contributed by atoms with Crippen LogP contribution in [0.1, 0.15) is 51.3 Å². The fourth-order valence-electron chi connectivity index (χ4n) is 2.73. The van der Waals surface area contributed by atoms with Crippen molar-refractivity contribution in [3.05, 3.63) is 46.0 Å². The van der Waals surface area contributed by atoms with Crippen molar-refractivity contribution < 1.29 is 9.59 Å². The van der Waals surface area contributed by atoms with E-state index in [0.717, 1.165) is 27.5 Å². The largest absolute Gasteiger partial charge is 0.294 e. The summed E-state index contributed by atoms with van der Waals surface area (Å²) in [6, 6.07) is 5.66. The number of carbonyl (C=O) groups is 2. The summed E-state index contributed by atoms with van der Waals surface area (Å²) in [4.78, 5) is 23.8. The first-order valence-corrected chi connectivity index (χ1v) is 6.40. The summed E-state index contributed by atoms with van der Waals surface area (Å²) >= 11 is 0. The van der Waals surface area contributed by atoms with Gasteiger partial charge in [0.25, 0.3) is 0 Å². The van der Waals surface area contributed by atoms with E-state index in [9.17, 15) is 9.59 Å². The van der Waals surface area contributed by atoms with Crippen molar-refractivity contribution in [2.45, 2.75) is 34.6 Å². The Hall–Kier alpha value is -1.96. The maximum Gasteiger partial charge on any atom is 0.160 e. The van der Waals surface area contributed by atoms with Crippen LogP contribution in [0.5, 0.6) is 0 Å². The Morgan fingerprint density at radius 3 is 2.00 bits per heavy atom. The number of aryl methyl sites for hydroxylation is 1. The zero-order chi connectivity index (χ0) is 14.3. The maximum atomic E-state index is 12.0. The molecular weight excluding hydrogens is 236 g/mol. The Labute approximate surface area is 113 Å². The molecule has 0 radical (unpaired) electrons. The first-order valence-electron chi connectivity index (χ1n) is 6.40. The molecule has 0 aliphatic rings. The van der Waals surface area contributed by atoms with Crippen molar-refractivity contribution in [1.82, 2.24) is 0 Å². The highest BCUT2D eigenvalue weighted by Crippen LogP contribution is 2.32. The Morgan fingerprint density at radius 1 is 0.842 bits per heavy atom. The Kier molecular flexibility index (Phi) is 3.27. The molecule has 19 heavy (non-hydrogen) atoms. The number of rotatable bonds is 2. The van der Waals surface area contributed by atoms with E-state index in [1.165, 1.54) is 0 Å². The lowest BCUT2D eigenvalue weighted by Gasteiger charge is -2.16. The van der Waals surface area contributed by atoms with Crippen LogP contribution in [0.4, 0.5) is 0 Å². The van der Waals surface area contributed by atoms with Crippen LogP contribution >= 0.6 is 0 Å². The van der Waals surface area contributed by atoms with Gasteiger partial charge in [0, 0.05) is 16.5 Å². The minimum absolute atomic E-state index is 0.00393. The topological polar surface area (TPSA) is 34.1 Å². The van der Waals surface area contributed by atoms with Crippen LogP contribution in [0, 0.1) is 20.8 Å². The van der Waals surface area contributed by atoms with E-state index in [1.807, 2.05) is 32.9 Å². The Morgan fingerprint density at radius 2 is 1.47 bits per heavy atom. The fraction of sp³-hybridized carbons (Fsp3) is 0.294. The highest BCUT2D eigenvalue weighted by molar-refractivity contribution is 6.17. The van der Waals surface area contributed by atoms with Crippen LogP contribution in [0.3, 0.4) is 0 Å². The van der Waals surface area contributed by atoms with Gasteiger partial charge in [-0.1, -0.05) is 18.2 Å². The van der Waals surface area contributed by atoms with Crippen LogP contribution in [0.15, 0.2) is 18.2 Å². The number of Topliss-reactive ketones (excluding diaryl/α,β-unsaturated/α-hetero) is 2. The van der Waals surface area contributed by atoms with Gasteiger partial charge in [0.1, 0.15) is 0 Å². The van der Waals surface area contributed by atoms with Gasteiger partial charge in [-0.15, -0.1) is 0 Å². The third kappa shape index (κ3) is 1.97. The van der Waals surface area contributed by atoms with Gasteiger partial charge in [0.05, 0.1) is 0 Å². The zero-order valence-electron chi connectivity index (χ0n) is 12.0. The van der Waals surface area contributed by atoms with Gasteiger partial charge in [0.15, 0.2) is 11.6 Å². The quantitative estimate of drug-likeness (QED) is 0.754. The van der Waals surface area contributed by atoms with Crippen LogP contribution in [0.2, 0.25) is 0 Å². The summed E-state index contributed by atoms with van der Waals surface area (Å²) in [5, 5.41) is 1.81. The third-order valence-corrected chi connectivity index (χ3v) is 3.95. The molecule has 2 aromatic carbocycles. The van der Waals surface area contributed by atoms with E-state index < -0.39 is 0 Å². The van der Waals surface area contributed by atoms with Crippen LogP contribution in [0.25, 0.3) is 10.8 Å². The van der Waals surface area contributed by atoms with Crippen molar-refractivity contribution in [3.63, 3.8) is 0 Å². The van der Waals surface area contributed by atoms with Gasteiger partial charge < -0.3 is 0 Å². The molecule has 2 heteroatoms. The molecule has 0 aliphatic carbocycles. The molecule has 0 aromatic heterocycles. The number of hydrogen-bond donors (Lipinski definition) is 0. The standard InChI is InChI=1S/C17H18O2/c1-9-10(2)14-7-6-8-15(12(4)18)17(14)16(11(9)3)13(5)19/h6-8H,1-5H3. The molecule has 2 rings (SSSR count). The molecule has 0 spiro atoms. The zero-order valence-corrected chi connectivity index (χ0v) is 12.0. The molecule has 0 aliphatic heterocycles. The van der Waals surface area contributed by atoms with Crippen LogP contribution in [-0.2, 0) is 0 Å². The molecule has 2 nitrogen and oxygen atoms in total. The normalized spacial score (nSPS) is 10.8. The first kappa shape index (κ1) is 13.5. The highest BCUT2D eigenvalue weighted by atomic mass is 16.1. The molecule has 0 bridgehead atoms. The Bertz CT molecular complexity index is 709. The van der Waals surface area contributed by atoms with E-state index in [2.05, 4.69) is 0 Å². The molecular formula is C17H18O2. The smallest absolute Gasteiger partial charge is 0.160 e. The van der Waals surface area contributed by atoms with Gasteiger partial charge >= 0.3 is 0 Å². The lowest BCUT2D eigenvalue weighted by molar-refractivity contribution is 0.101. The highest BCUT2D eigenvalue weighted by Gasteiger charge is 2.18. The van der Waals surface area contributed by atoms with Gasteiger partial charge in [0.2, 0.25) is 0 Å². The second-order valence-electron chi connectivity index (χ2n) is 5.09.